The topological polar surface area (TPSA) is 86.0 Å². The molecule has 1 atom stereocenters. The highest BCUT2D eigenvalue weighted by Crippen LogP contribution is 2.34. The van der Waals surface area contributed by atoms with E-state index in [2.05, 4.69) is 48.4 Å². The van der Waals surface area contributed by atoms with Gasteiger partial charge in [0.25, 0.3) is 0 Å². The molecule has 128 valence electrons. The van der Waals surface area contributed by atoms with Crippen LogP contribution in [0, 0.1) is 5.92 Å². The first kappa shape index (κ1) is 16.4. The van der Waals surface area contributed by atoms with Gasteiger partial charge in [0.05, 0.1) is 13.2 Å². The number of rotatable bonds is 5. The van der Waals surface area contributed by atoms with Gasteiger partial charge in [-0.05, 0) is 30.9 Å². The molecule has 3 heterocycles. The number of carbonyl (C=O) groups excluding carboxylic acids is 1. The van der Waals surface area contributed by atoms with Gasteiger partial charge >= 0.3 is 5.97 Å². The summed E-state index contributed by atoms with van der Waals surface area (Å²) in [6, 6.07) is 3.58. The molecule has 8 nitrogen and oxygen atoms in total. The van der Waals surface area contributed by atoms with Gasteiger partial charge in [0, 0.05) is 13.1 Å². The lowest BCUT2D eigenvalue weighted by Crippen LogP contribution is -2.27. The number of hydrogen-bond acceptors (Lipinski definition) is 7. The van der Waals surface area contributed by atoms with E-state index in [9.17, 15) is 4.79 Å². The van der Waals surface area contributed by atoms with Crippen molar-refractivity contribution < 1.29 is 9.53 Å². The van der Waals surface area contributed by atoms with Gasteiger partial charge < -0.3 is 14.2 Å². The monoisotopic (exact) mass is 330 g/mol. The standard InChI is InChI=1S/C16H22N6O2/c1-11(2)9-21-10-17-20-15(21)13-5-4-8-22(13)14-7-6-12(18-19-14)16(23)24-3/h6-7,10-11,13H,4-5,8-9H2,1-3H3. The van der Waals surface area contributed by atoms with Gasteiger partial charge in [-0.3, -0.25) is 0 Å². The van der Waals surface area contributed by atoms with E-state index in [0.717, 1.165) is 37.6 Å². The maximum atomic E-state index is 11.5. The van der Waals surface area contributed by atoms with E-state index >= 15 is 0 Å². The number of aromatic nitrogens is 5. The number of carbonyl (C=O) groups is 1. The maximum absolute atomic E-state index is 11.5. The second kappa shape index (κ2) is 6.94. The summed E-state index contributed by atoms with van der Waals surface area (Å²) in [4.78, 5) is 13.7. The Morgan fingerprint density at radius 1 is 1.33 bits per heavy atom. The highest BCUT2D eigenvalue weighted by atomic mass is 16.5. The summed E-state index contributed by atoms with van der Waals surface area (Å²) < 4.78 is 6.77. The number of nitrogens with zero attached hydrogens (tertiary/aromatic N) is 6. The molecule has 3 rings (SSSR count). The van der Waals surface area contributed by atoms with Crippen molar-refractivity contribution in [2.75, 3.05) is 18.6 Å². The zero-order valence-corrected chi connectivity index (χ0v) is 14.2. The van der Waals surface area contributed by atoms with E-state index in [-0.39, 0.29) is 11.7 Å². The van der Waals surface area contributed by atoms with Crippen molar-refractivity contribution >= 4 is 11.8 Å². The summed E-state index contributed by atoms with van der Waals surface area (Å²) in [5, 5.41) is 16.6. The Morgan fingerprint density at radius 2 is 2.17 bits per heavy atom. The third-order valence-corrected chi connectivity index (χ3v) is 4.10. The van der Waals surface area contributed by atoms with Crippen LogP contribution in [0.25, 0.3) is 0 Å². The highest BCUT2D eigenvalue weighted by molar-refractivity contribution is 5.87. The van der Waals surface area contributed by atoms with Gasteiger partial charge in [0.1, 0.15) is 6.33 Å². The molecule has 1 unspecified atom stereocenters. The van der Waals surface area contributed by atoms with E-state index < -0.39 is 5.97 Å². The molecule has 8 heteroatoms. The Bertz CT molecular complexity index is 697. The smallest absolute Gasteiger partial charge is 0.358 e. The lowest BCUT2D eigenvalue weighted by atomic mass is 10.2. The number of anilines is 1. The molecular formula is C16H22N6O2. The Hall–Kier alpha value is -2.51. The van der Waals surface area contributed by atoms with Crippen LogP contribution in [0.3, 0.4) is 0 Å². The molecule has 0 bridgehead atoms. The van der Waals surface area contributed by atoms with E-state index in [1.807, 2.05) is 0 Å². The first-order valence-electron chi connectivity index (χ1n) is 8.16. The third kappa shape index (κ3) is 3.22. The van der Waals surface area contributed by atoms with Crippen molar-refractivity contribution in [3.63, 3.8) is 0 Å². The zero-order valence-electron chi connectivity index (χ0n) is 14.2. The molecule has 1 aliphatic heterocycles. The largest absolute Gasteiger partial charge is 0.464 e. The van der Waals surface area contributed by atoms with Gasteiger partial charge in [-0.15, -0.1) is 20.4 Å². The van der Waals surface area contributed by atoms with Crippen molar-refractivity contribution in [1.29, 1.82) is 0 Å². The average Bonchev–Trinajstić information content (AvgIpc) is 3.22. The summed E-state index contributed by atoms with van der Waals surface area (Å²) in [5.41, 5.74) is 0.208. The average molecular weight is 330 g/mol. The number of ether oxygens (including phenoxy) is 1. The van der Waals surface area contributed by atoms with Crippen LogP contribution in [0.15, 0.2) is 18.5 Å². The molecule has 1 saturated heterocycles. The van der Waals surface area contributed by atoms with Crippen LogP contribution in [0.2, 0.25) is 0 Å². The van der Waals surface area contributed by atoms with Crippen LogP contribution in [0.5, 0.6) is 0 Å². The first-order chi connectivity index (χ1) is 11.6. The van der Waals surface area contributed by atoms with Crippen LogP contribution >= 0.6 is 0 Å². The molecule has 0 amide bonds. The minimum atomic E-state index is -0.483. The predicted octanol–water partition coefficient (Wildman–Crippen LogP) is 1.85. The van der Waals surface area contributed by atoms with Crippen LogP contribution in [0.4, 0.5) is 5.82 Å². The third-order valence-electron chi connectivity index (χ3n) is 4.10. The summed E-state index contributed by atoms with van der Waals surface area (Å²) in [5.74, 6) is 1.74. The predicted molar refractivity (Wildman–Crippen MR) is 87.6 cm³/mol. The maximum Gasteiger partial charge on any atom is 0.358 e. The van der Waals surface area contributed by atoms with E-state index in [1.54, 1.807) is 18.5 Å². The van der Waals surface area contributed by atoms with Gasteiger partial charge in [-0.2, -0.15) is 0 Å². The van der Waals surface area contributed by atoms with E-state index in [1.165, 1.54) is 7.11 Å². The summed E-state index contributed by atoms with van der Waals surface area (Å²) in [7, 11) is 1.33. The van der Waals surface area contributed by atoms with Crippen LogP contribution in [-0.2, 0) is 11.3 Å². The van der Waals surface area contributed by atoms with Crippen molar-refractivity contribution in [2.24, 2.45) is 5.92 Å². The number of esters is 1. The SMILES string of the molecule is COC(=O)c1ccc(N2CCCC2c2nncn2CC(C)C)nn1. The second-order valence-corrected chi connectivity index (χ2v) is 6.36. The molecule has 0 aliphatic carbocycles. The molecule has 1 fully saturated rings. The fourth-order valence-electron chi connectivity index (χ4n) is 3.06. The molecular weight excluding hydrogens is 308 g/mol. The van der Waals surface area contributed by atoms with Crippen LogP contribution in [-0.4, -0.2) is 44.6 Å². The molecule has 2 aromatic heterocycles. The fraction of sp³-hybridized carbons (Fsp3) is 0.562. The Morgan fingerprint density at radius 3 is 2.83 bits per heavy atom. The molecule has 0 N–H and O–H groups in total. The minimum absolute atomic E-state index is 0.129. The van der Waals surface area contributed by atoms with Gasteiger partial charge in [0.15, 0.2) is 17.3 Å². The van der Waals surface area contributed by atoms with Crippen molar-refractivity contribution in [1.82, 2.24) is 25.0 Å². The molecule has 2 aromatic rings. The van der Waals surface area contributed by atoms with Gasteiger partial charge in [-0.25, -0.2) is 4.79 Å². The van der Waals surface area contributed by atoms with Crippen LogP contribution in [0.1, 0.15) is 49.0 Å². The van der Waals surface area contributed by atoms with Crippen molar-refractivity contribution in [2.45, 2.75) is 39.3 Å². The van der Waals surface area contributed by atoms with Gasteiger partial charge in [-0.1, -0.05) is 13.8 Å². The highest BCUT2D eigenvalue weighted by Gasteiger charge is 2.31. The van der Waals surface area contributed by atoms with E-state index in [4.69, 9.17) is 0 Å². The van der Waals surface area contributed by atoms with Crippen molar-refractivity contribution in [3.8, 4) is 0 Å². The van der Waals surface area contributed by atoms with Crippen molar-refractivity contribution in [3.05, 3.63) is 30.0 Å². The summed E-state index contributed by atoms with van der Waals surface area (Å²) in [6.45, 7) is 6.12. The second-order valence-electron chi connectivity index (χ2n) is 6.36. The molecule has 24 heavy (non-hydrogen) atoms. The summed E-state index contributed by atoms with van der Waals surface area (Å²) in [6.07, 6.45) is 3.84. The number of hydrogen-bond donors (Lipinski definition) is 0. The minimum Gasteiger partial charge on any atom is -0.464 e. The molecule has 1 aliphatic rings. The van der Waals surface area contributed by atoms with E-state index in [0.29, 0.717) is 5.92 Å². The number of methoxy groups -OCH3 is 1. The molecule has 0 aromatic carbocycles. The molecule has 0 saturated carbocycles. The molecule has 0 spiro atoms. The fourth-order valence-corrected chi connectivity index (χ4v) is 3.06. The first-order valence-corrected chi connectivity index (χ1v) is 8.16. The Labute approximate surface area is 140 Å². The Balaban J connectivity index is 1.83. The zero-order chi connectivity index (χ0) is 17.1. The van der Waals surface area contributed by atoms with Gasteiger partial charge in [0.2, 0.25) is 0 Å². The van der Waals surface area contributed by atoms with Crippen LogP contribution < -0.4 is 4.90 Å². The lowest BCUT2D eigenvalue weighted by Gasteiger charge is -2.25. The summed E-state index contributed by atoms with van der Waals surface area (Å²) >= 11 is 0. The molecule has 0 radical (unpaired) electrons. The Kier molecular flexibility index (Phi) is 4.73. The normalized spacial score (nSPS) is 17.5. The lowest BCUT2D eigenvalue weighted by molar-refractivity contribution is 0.0592. The quantitative estimate of drug-likeness (QED) is 0.773.